The van der Waals surface area contributed by atoms with E-state index in [0.29, 0.717) is 5.11 Å². The molecular formula is C15H21N3OS. The molecule has 1 fully saturated rings. The van der Waals surface area contributed by atoms with Crippen LogP contribution in [0.15, 0.2) is 35.4 Å². The number of rotatable bonds is 5. The normalized spacial score (nSPS) is 19.9. The molecule has 0 radical (unpaired) electrons. The van der Waals surface area contributed by atoms with Gasteiger partial charge >= 0.3 is 0 Å². The summed E-state index contributed by atoms with van der Waals surface area (Å²) in [6.07, 6.45) is 4.38. The Kier molecular flexibility index (Phi) is 5.95. The minimum absolute atomic E-state index is 0.254. The van der Waals surface area contributed by atoms with E-state index >= 15 is 0 Å². The average Bonchev–Trinajstić information content (AvgIpc) is 2.99. The number of hydrazone groups is 1. The number of nitrogens with zero attached hydrogens (tertiary/aromatic N) is 1. The molecule has 4 nitrogen and oxygen atoms in total. The minimum Gasteiger partial charge on any atom is -0.376 e. The third kappa shape index (κ3) is 4.90. The van der Waals surface area contributed by atoms with E-state index in [1.54, 1.807) is 0 Å². The van der Waals surface area contributed by atoms with Gasteiger partial charge in [0.1, 0.15) is 0 Å². The molecule has 1 saturated heterocycles. The summed E-state index contributed by atoms with van der Waals surface area (Å²) in [5.74, 6) is 0.254. The van der Waals surface area contributed by atoms with Crippen molar-refractivity contribution in [3.8, 4) is 0 Å². The number of nitrogens with one attached hydrogen (secondary N) is 2. The van der Waals surface area contributed by atoms with Crippen LogP contribution in [0.2, 0.25) is 0 Å². The number of thiocarbonyl (C=S) groups is 1. The quantitative estimate of drug-likeness (QED) is 0.497. The largest absolute Gasteiger partial charge is 0.376 e. The first-order valence-corrected chi connectivity index (χ1v) is 7.40. The smallest absolute Gasteiger partial charge is 0.187 e. The van der Waals surface area contributed by atoms with E-state index in [-0.39, 0.29) is 12.0 Å². The van der Waals surface area contributed by atoms with Gasteiger partial charge < -0.3 is 10.1 Å². The SMILES string of the molecule is C[C@H](/C=N\NC(=S)NC[C@H]1CCCO1)c1ccccc1. The zero-order valence-corrected chi connectivity index (χ0v) is 12.5. The van der Waals surface area contributed by atoms with Crippen LogP contribution < -0.4 is 10.7 Å². The molecule has 0 saturated carbocycles. The van der Waals surface area contributed by atoms with E-state index in [4.69, 9.17) is 17.0 Å². The van der Waals surface area contributed by atoms with Gasteiger partial charge in [0.2, 0.25) is 0 Å². The van der Waals surface area contributed by atoms with Gasteiger partial charge in [-0.2, -0.15) is 5.10 Å². The Morgan fingerprint density at radius 1 is 1.50 bits per heavy atom. The molecule has 0 spiro atoms. The zero-order valence-electron chi connectivity index (χ0n) is 11.7. The summed E-state index contributed by atoms with van der Waals surface area (Å²) in [4.78, 5) is 0. The Bertz CT molecular complexity index is 444. The van der Waals surface area contributed by atoms with Gasteiger partial charge in [0.25, 0.3) is 0 Å². The summed E-state index contributed by atoms with van der Waals surface area (Å²) in [5.41, 5.74) is 4.07. The Balaban J connectivity index is 1.68. The zero-order chi connectivity index (χ0) is 14.2. The third-order valence-electron chi connectivity index (χ3n) is 3.30. The first-order chi connectivity index (χ1) is 9.75. The topological polar surface area (TPSA) is 45.7 Å². The van der Waals surface area contributed by atoms with E-state index in [2.05, 4.69) is 34.9 Å². The summed E-state index contributed by atoms with van der Waals surface area (Å²) < 4.78 is 5.52. The van der Waals surface area contributed by atoms with Crippen molar-refractivity contribution in [3.63, 3.8) is 0 Å². The monoisotopic (exact) mass is 291 g/mol. The van der Waals surface area contributed by atoms with Crippen LogP contribution in [0.1, 0.15) is 31.2 Å². The fourth-order valence-corrected chi connectivity index (χ4v) is 2.24. The maximum Gasteiger partial charge on any atom is 0.187 e. The van der Waals surface area contributed by atoms with Gasteiger partial charge in [-0.25, -0.2) is 0 Å². The Morgan fingerprint density at radius 2 is 2.30 bits per heavy atom. The van der Waals surface area contributed by atoms with Gasteiger partial charge in [0, 0.05) is 25.3 Å². The van der Waals surface area contributed by atoms with Gasteiger partial charge in [-0.15, -0.1) is 0 Å². The van der Waals surface area contributed by atoms with Crippen LogP contribution in [-0.2, 0) is 4.74 Å². The lowest BCUT2D eigenvalue weighted by Crippen LogP contribution is -2.37. The lowest BCUT2D eigenvalue weighted by molar-refractivity contribution is 0.114. The molecule has 1 heterocycles. The average molecular weight is 291 g/mol. The molecule has 2 N–H and O–H groups in total. The first-order valence-electron chi connectivity index (χ1n) is 6.99. The standard InChI is InChI=1S/C15H21N3OS/c1-12(13-6-3-2-4-7-13)10-17-18-15(20)16-11-14-8-5-9-19-14/h2-4,6-7,10,12,14H,5,8-9,11H2,1H3,(H2,16,18,20)/b17-10-/t12-,14-/m1/s1. The molecular weight excluding hydrogens is 270 g/mol. The predicted octanol–water partition coefficient (Wildman–Crippen LogP) is 2.42. The Hall–Kier alpha value is -1.46. The number of benzene rings is 1. The number of ether oxygens (including phenoxy) is 1. The van der Waals surface area contributed by atoms with Crippen LogP contribution in [0.3, 0.4) is 0 Å². The van der Waals surface area contributed by atoms with E-state index in [9.17, 15) is 0 Å². The molecule has 20 heavy (non-hydrogen) atoms. The van der Waals surface area contributed by atoms with Crippen LogP contribution in [-0.4, -0.2) is 30.6 Å². The van der Waals surface area contributed by atoms with Crippen LogP contribution in [0.5, 0.6) is 0 Å². The highest BCUT2D eigenvalue weighted by atomic mass is 32.1. The molecule has 108 valence electrons. The molecule has 1 aliphatic heterocycles. The van der Waals surface area contributed by atoms with E-state index in [0.717, 1.165) is 26.0 Å². The van der Waals surface area contributed by atoms with Gasteiger partial charge in [0.05, 0.1) is 6.10 Å². The van der Waals surface area contributed by atoms with Crippen molar-refractivity contribution >= 4 is 23.5 Å². The van der Waals surface area contributed by atoms with Crippen molar-refractivity contribution in [1.82, 2.24) is 10.7 Å². The molecule has 0 unspecified atom stereocenters. The van der Waals surface area contributed by atoms with Gasteiger partial charge in [-0.05, 0) is 30.6 Å². The van der Waals surface area contributed by atoms with E-state index in [1.165, 1.54) is 5.56 Å². The van der Waals surface area contributed by atoms with Crippen molar-refractivity contribution in [2.24, 2.45) is 5.10 Å². The molecule has 1 aromatic carbocycles. The van der Waals surface area contributed by atoms with Crippen molar-refractivity contribution in [2.75, 3.05) is 13.2 Å². The van der Waals surface area contributed by atoms with E-state index in [1.807, 2.05) is 24.4 Å². The van der Waals surface area contributed by atoms with Gasteiger partial charge in [0.15, 0.2) is 5.11 Å². The maximum atomic E-state index is 5.52. The summed E-state index contributed by atoms with van der Waals surface area (Å²) >= 11 is 5.17. The Morgan fingerprint density at radius 3 is 3.00 bits per heavy atom. The molecule has 1 aromatic rings. The fourth-order valence-electron chi connectivity index (χ4n) is 2.10. The van der Waals surface area contributed by atoms with Crippen LogP contribution in [0, 0.1) is 0 Å². The van der Waals surface area contributed by atoms with Crippen molar-refractivity contribution in [2.45, 2.75) is 31.8 Å². The molecule has 2 rings (SSSR count). The maximum absolute atomic E-state index is 5.52. The number of hydrogen-bond acceptors (Lipinski definition) is 3. The molecule has 0 aliphatic carbocycles. The molecule has 2 atom stereocenters. The van der Waals surface area contributed by atoms with Gasteiger partial charge in [-0.3, -0.25) is 5.43 Å². The molecule has 0 bridgehead atoms. The molecule has 0 aromatic heterocycles. The summed E-state index contributed by atoms with van der Waals surface area (Å²) in [5, 5.41) is 7.83. The summed E-state index contributed by atoms with van der Waals surface area (Å²) in [6.45, 7) is 3.71. The van der Waals surface area contributed by atoms with Gasteiger partial charge in [-0.1, -0.05) is 37.3 Å². The number of hydrogen-bond donors (Lipinski definition) is 2. The van der Waals surface area contributed by atoms with Crippen LogP contribution >= 0.6 is 12.2 Å². The first kappa shape index (κ1) is 14.9. The summed E-state index contributed by atoms with van der Waals surface area (Å²) in [6, 6.07) is 10.2. The second-order valence-electron chi connectivity index (χ2n) is 4.93. The Labute approximate surface area is 125 Å². The fraction of sp³-hybridized carbons (Fsp3) is 0.467. The minimum atomic E-state index is 0.254. The van der Waals surface area contributed by atoms with Crippen LogP contribution in [0.25, 0.3) is 0 Å². The predicted molar refractivity (Wildman–Crippen MR) is 86.1 cm³/mol. The second-order valence-corrected chi connectivity index (χ2v) is 5.34. The molecule has 5 heteroatoms. The highest BCUT2D eigenvalue weighted by Gasteiger charge is 2.14. The van der Waals surface area contributed by atoms with Crippen molar-refractivity contribution in [1.29, 1.82) is 0 Å². The van der Waals surface area contributed by atoms with Crippen molar-refractivity contribution in [3.05, 3.63) is 35.9 Å². The second kappa shape index (κ2) is 7.97. The highest BCUT2D eigenvalue weighted by molar-refractivity contribution is 7.80. The lowest BCUT2D eigenvalue weighted by Gasteiger charge is -2.12. The molecule has 1 aliphatic rings. The van der Waals surface area contributed by atoms with E-state index < -0.39 is 0 Å². The highest BCUT2D eigenvalue weighted by Crippen LogP contribution is 2.11. The van der Waals surface area contributed by atoms with Crippen molar-refractivity contribution < 1.29 is 4.74 Å². The molecule has 0 amide bonds. The lowest BCUT2D eigenvalue weighted by atomic mass is 10.0. The third-order valence-corrected chi connectivity index (χ3v) is 3.54. The summed E-state index contributed by atoms with van der Waals surface area (Å²) in [7, 11) is 0. The van der Waals surface area contributed by atoms with Crippen LogP contribution in [0.4, 0.5) is 0 Å².